The van der Waals surface area contributed by atoms with Gasteiger partial charge in [0, 0.05) is 24.0 Å². The van der Waals surface area contributed by atoms with Gasteiger partial charge in [0.25, 0.3) is 6.47 Å². The van der Waals surface area contributed by atoms with Crippen LogP contribution in [-0.4, -0.2) is 45.9 Å². The Morgan fingerprint density at radius 1 is 1.07 bits per heavy atom. The number of nitrogens with one attached hydrogen (secondary N) is 1. The number of carboxylic acid groups (broad SMARTS) is 1. The van der Waals surface area contributed by atoms with Crippen LogP contribution in [0.1, 0.15) is 5.69 Å². The molecule has 2 N–H and O–H groups in total. The maximum absolute atomic E-state index is 8.36. The third-order valence-corrected chi connectivity index (χ3v) is 4.10. The fourth-order valence-electron chi connectivity index (χ4n) is 2.98. The first kappa shape index (κ1) is 16.5. The minimum atomic E-state index is -0.250. The van der Waals surface area contributed by atoms with Crippen LogP contribution in [-0.2, 0) is 11.3 Å². The summed E-state index contributed by atoms with van der Waals surface area (Å²) in [5.74, 6) is 0.857. The van der Waals surface area contributed by atoms with Gasteiger partial charge in [0.1, 0.15) is 5.69 Å². The molecule has 9 nitrogen and oxygen atoms in total. The van der Waals surface area contributed by atoms with Crippen LogP contribution in [0.15, 0.2) is 61.2 Å². The van der Waals surface area contributed by atoms with E-state index in [1.165, 1.54) is 0 Å². The Hall–Kier alpha value is -4.01. The standard InChI is InChI=1S/C17H13N7.CH2O2/c1-3-12-6-8-20-24(12)15(5-1)17-19-9-10-23(17)11-14-13-4-2-7-18-16(13)22-21-14;2-1-3/h1-10H,11H2,(H,18,21,22);1H,(H,2,3). The molecule has 27 heavy (non-hydrogen) atoms. The Bertz CT molecular complexity index is 1200. The lowest BCUT2D eigenvalue weighted by Gasteiger charge is -2.08. The van der Waals surface area contributed by atoms with Crippen LogP contribution in [0.25, 0.3) is 28.1 Å². The molecule has 5 aromatic rings. The van der Waals surface area contributed by atoms with Gasteiger partial charge < -0.3 is 9.67 Å². The van der Waals surface area contributed by atoms with E-state index in [0.29, 0.717) is 6.54 Å². The lowest BCUT2D eigenvalue weighted by molar-refractivity contribution is -0.122. The Kier molecular flexibility index (Phi) is 4.32. The van der Waals surface area contributed by atoms with Crippen molar-refractivity contribution in [1.82, 2.24) is 34.3 Å². The zero-order valence-electron chi connectivity index (χ0n) is 14.1. The van der Waals surface area contributed by atoms with Crippen molar-refractivity contribution in [2.24, 2.45) is 0 Å². The normalized spacial score (nSPS) is 10.7. The molecule has 5 heterocycles. The second-order valence-electron chi connectivity index (χ2n) is 5.64. The molecule has 5 aromatic heterocycles. The number of fused-ring (bicyclic) bond motifs is 2. The topological polar surface area (TPSA) is 114 Å². The van der Waals surface area contributed by atoms with E-state index in [-0.39, 0.29) is 6.47 Å². The molecule has 0 saturated carbocycles. The Labute approximate surface area is 152 Å². The van der Waals surface area contributed by atoms with Crippen LogP contribution in [0, 0.1) is 0 Å². The minimum Gasteiger partial charge on any atom is -0.483 e. The van der Waals surface area contributed by atoms with E-state index in [2.05, 4.69) is 29.8 Å². The largest absolute Gasteiger partial charge is 0.483 e. The van der Waals surface area contributed by atoms with Crippen molar-refractivity contribution in [2.45, 2.75) is 6.54 Å². The van der Waals surface area contributed by atoms with E-state index < -0.39 is 0 Å². The average Bonchev–Trinajstić information content (AvgIpc) is 3.42. The quantitative estimate of drug-likeness (QED) is 0.476. The highest BCUT2D eigenvalue weighted by Crippen LogP contribution is 2.21. The molecule has 134 valence electrons. The summed E-state index contributed by atoms with van der Waals surface area (Å²) in [4.78, 5) is 17.2. The molecule has 5 rings (SSSR count). The van der Waals surface area contributed by atoms with Gasteiger partial charge in [-0.05, 0) is 30.3 Å². The van der Waals surface area contributed by atoms with E-state index in [4.69, 9.17) is 9.90 Å². The van der Waals surface area contributed by atoms with Crippen LogP contribution < -0.4 is 0 Å². The van der Waals surface area contributed by atoms with Gasteiger partial charge in [0.05, 0.1) is 24.0 Å². The second-order valence-corrected chi connectivity index (χ2v) is 5.64. The molecule has 0 radical (unpaired) electrons. The molecule has 0 unspecified atom stereocenters. The monoisotopic (exact) mass is 361 g/mol. The number of aromatic amines is 1. The minimum absolute atomic E-state index is 0.250. The molecule has 0 atom stereocenters. The fraction of sp³-hybridized carbons (Fsp3) is 0.0556. The van der Waals surface area contributed by atoms with Crippen molar-refractivity contribution in [3.05, 3.63) is 66.9 Å². The molecule has 0 amide bonds. The molecule has 9 heteroatoms. The van der Waals surface area contributed by atoms with E-state index in [1.807, 2.05) is 47.1 Å². The van der Waals surface area contributed by atoms with E-state index in [9.17, 15) is 0 Å². The average molecular weight is 361 g/mol. The van der Waals surface area contributed by atoms with Gasteiger partial charge in [-0.2, -0.15) is 10.2 Å². The highest BCUT2D eigenvalue weighted by molar-refractivity contribution is 5.77. The van der Waals surface area contributed by atoms with Crippen LogP contribution in [0.3, 0.4) is 0 Å². The molecule has 0 aliphatic heterocycles. The van der Waals surface area contributed by atoms with Crippen molar-refractivity contribution in [1.29, 1.82) is 0 Å². The van der Waals surface area contributed by atoms with Gasteiger partial charge in [-0.1, -0.05) is 6.07 Å². The van der Waals surface area contributed by atoms with Gasteiger partial charge in [-0.15, -0.1) is 0 Å². The van der Waals surface area contributed by atoms with E-state index in [1.54, 1.807) is 18.6 Å². The zero-order chi connectivity index (χ0) is 18.6. The lowest BCUT2D eigenvalue weighted by Crippen LogP contribution is -2.05. The van der Waals surface area contributed by atoms with Crippen LogP contribution in [0.2, 0.25) is 0 Å². The van der Waals surface area contributed by atoms with Gasteiger partial charge in [0.2, 0.25) is 0 Å². The van der Waals surface area contributed by atoms with E-state index in [0.717, 1.165) is 33.8 Å². The number of hydrogen-bond acceptors (Lipinski definition) is 5. The number of pyridine rings is 2. The highest BCUT2D eigenvalue weighted by atomic mass is 16.3. The summed E-state index contributed by atoms with van der Waals surface area (Å²) in [5, 5.41) is 19.6. The van der Waals surface area contributed by atoms with Gasteiger partial charge in [-0.3, -0.25) is 9.89 Å². The summed E-state index contributed by atoms with van der Waals surface area (Å²) in [7, 11) is 0. The first-order valence-electron chi connectivity index (χ1n) is 8.12. The smallest absolute Gasteiger partial charge is 0.290 e. The van der Waals surface area contributed by atoms with E-state index >= 15 is 0 Å². The molecule has 0 aliphatic rings. The number of H-pyrrole nitrogens is 1. The van der Waals surface area contributed by atoms with Gasteiger partial charge >= 0.3 is 0 Å². The summed E-state index contributed by atoms with van der Waals surface area (Å²) >= 11 is 0. The van der Waals surface area contributed by atoms with Crippen molar-refractivity contribution in [2.75, 3.05) is 0 Å². The Morgan fingerprint density at radius 2 is 1.96 bits per heavy atom. The molecular weight excluding hydrogens is 346 g/mol. The maximum atomic E-state index is 8.36. The molecule has 0 saturated heterocycles. The van der Waals surface area contributed by atoms with Crippen molar-refractivity contribution in [3.63, 3.8) is 0 Å². The highest BCUT2D eigenvalue weighted by Gasteiger charge is 2.13. The molecule has 0 spiro atoms. The van der Waals surface area contributed by atoms with Crippen LogP contribution >= 0.6 is 0 Å². The number of carbonyl (C=O) groups is 1. The zero-order valence-corrected chi connectivity index (χ0v) is 14.1. The number of imidazole rings is 1. The van der Waals surface area contributed by atoms with Gasteiger partial charge in [-0.25, -0.2) is 14.5 Å². The summed E-state index contributed by atoms with van der Waals surface area (Å²) in [6.07, 6.45) is 7.30. The SMILES string of the molecule is O=CO.c1cnc2n[nH]c(Cn3ccnc3-c3cccc4ccnn34)c2c1. The lowest BCUT2D eigenvalue weighted by atomic mass is 10.2. The van der Waals surface area contributed by atoms with Crippen molar-refractivity contribution < 1.29 is 9.90 Å². The molecular formula is C18H15N7O2. The summed E-state index contributed by atoms with van der Waals surface area (Å²) in [6, 6.07) is 12.0. The number of hydrogen-bond donors (Lipinski definition) is 2. The second kappa shape index (κ2) is 7.08. The molecule has 0 bridgehead atoms. The Morgan fingerprint density at radius 3 is 2.85 bits per heavy atom. The predicted octanol–water partition coefficient (Wildman–Crippen LogP) is 2.22. The number of aromatic nitrogens is 7. The summed E-state index contributed by atoms with van der Waals surface area (Å²) < 4.78 is 3.97. The van der Waals surface area contributed by atoms with Crippen molar-refractivity contribution in [3.8, 4) is 11.5 Å². The maximum Gasteiger partial charge on any atom is 0.290 e. The molecule has 0 aliphatic carbocycles. The Balaban J connectivity index is 0.000000565. The third-order valence-electron chi connectivity index (χ3n) is 4.10. The number of rotatable bonds is 3. The summed E-state index contributed by atoms with van der Waals surface area (Å²) in [5.41, 5.74) is 3.72. The van der Waals surface area contributed by atoms with Crippen LogP contribution in [0.5, 0.6) is 0 Å². The predicted molar refractivity (Wildman–Crippen MR) is 98.1 cm³/mol. The van der Waals surface area contributed by atoms with Crippen LogP contribution in [0.4, 0.5) is 0 Å². The molecule has 0 fully saturated rings. The fourth-order valence-corrected chi connectivity index (χ4v) is 2.98. The van der Waals surface area contributed by atoms with Crippen molar-refractivity contribution >= 4 is 23.0 Å². The first-order chi connectivity index (χ1) is 13.3. The molecule has 0 aromatic carbocycles. The summed E-state index contributed by atoms with van der Waals surface area (Å²) in [6.45, 7) is 0.384. The third kappa shape index (κ3) is 3.01. The first-order valence-corrected chi connectivity index (χ1v) is 8.12. The van der Waals surface area contributed by atoms with Gasteiger partial charge in [0.15, 0.2) is 11.5 Å². The number of nitrogens with zero attached hydrogens (tertiary/aromatic N) is 6.